The number of aliphatic hydroxyl groups is 1. The summed E-state index contributed by atoms with van der Waals surface area (Å²) in [7, 11) is 3.48. The number of anilines is 2. The van der Waals surface area contributed by atoms with Gasteiger partial charge in [0.15, 0.2) is 12.2 Å². The summed E-state index contributed by atoms with van der Waals surface area (Å²) < 4.78 is 21.4. The molecule has 2 aliphatic heterocycles. The number of benzene rings is 1. The first-order chi connectivity index (χ1) is 20.0. The van der Waals surface area contributed by atoms with Crippen molar-refractivity contribution in [2.45, 2.75) is 31.7 Å². The van der Waals surface area contributed by atoms with Crippen molar-refractivity contribution in [1.82, 2.24) is 25.2 Å². The molecule has 4 heterocycles. The highest BCUT2D eigenvalue weighted by atomic mass is 16.5. The van der Waals surface area contributed by atoms with Crippen LogP contribution in [-0.4, -0.2) is 103 Å². The van der Waals surface area contributed by atoms with Gasteiger partial charge in [-0.15, -0.1) is 0 Å². The van der Waals surface area contributed by atoms with Gasteiger partial charge in [0.25, 0.3) is 5.91 Å². The van der Waals surface area contributed by atoms with Gasteiger partial charge in [-0.05, 0) is 29.7 Å². The van der Waals surface area contributed by atoms with Crippen LogP contribution in [0.15, 0.2) is 41.3 Å². The molecule has 1 saturated heterocycles. The molecule has 41 heavy (non-hydrogen) atoms. The molecule has 2 aliphatic rings. The van der Waals surface area contributed by atoms with Crippen LogP contribution in [0.4, 0.5) is 11.8 Å². The molecule has 1 atom stereocenters. The van der Waals surface area contributed by atoms with Gasteiger partial charge in [0.2, 0.25) is 5.95 Å². The van der Waals surface area contributed by atoms with Gasteiger partial charge in [0.1, 0.15) is 23.9 Å². The Morgan fingerprint density at radius 2 is 2.15 bits per heavy atom. The smallest absolute Gasteiger partial charge is 0.270 e. The van der Waals surface area contributed by atoms with E-state index in [4.69, 9.17) is 18.6 Å². The predicted octanol–water partition coefficient (Wildman–Crippen LogP) is 1.09. The molecule has 0 saturated carbocycles. The number of hydrogen-bond donors (Lipinski definition) is 3. The molecular formula is C28H37N7O6. The SMILES string of the molecule is COCCN(C)c1nc(NC2COC2)cc(C(=O)NC[C@H](O)CN2CCc3cc(OCc4cnco4)ccc3C2)n1. The van der Waals surface area contributed by atoms with Crippen LogP contribution >= 0.6 is 0 Å². The zero-order chi connectivity index (χ0) is 28.6. The number of rotatable bonds is 14. The number of aromatic nitrogens is 3. The van der Waals surface area contributed by atoms with Crippen molar-refractivity contribution in [2.75, 3.05) is 70.4 Å². The second-order valence-corrected chi connectivity index (χ2v) is 10.3. The minimum atomic E-state index is -0.736. The van der Waals surface area contributed by atoms with Gasteiger partial charge in [-0.2, -0.15) is 4.98 Å². The van der Waals surface area contributed by atoms with Crippen molar-refractivity contribution in [3.05, 3.63) is 59.4 Å². The third-order valence-electron chi connectivity index (χ3n) is 7.01. The number of fused-ring (bicyclic) bond motifs is 1. The number of methoxy groups -OCH3 is 1. The Balaban J connectivity index is 1.13. The maximum absolute atomic E-state index is 13.0. The highest BCUT2D eigenvalue weighted by Crippen LogP contribution is 2.25. The highest BCUT2D eigenvalue weighted by Gasteiger charge is 2.23. The van der Waals surface area contributed by atoms with Gasteiger partial charge in [0, 0.05) is 52.9 Å². The summed E-state index contributed by atoms with van der Waals surface area (Å²) in [6, 6.07) is 7.83. The minimum absolute atomic E-state index is 0.106. The maximum atomic E-state index is 13.0. The lowest BCUT2D eigenvalue weighted by molar-refractivity contribution is 0.0209. The zero-order valence-corrected chi connectivity index (χ0v) is 23.4. The standard InChI is InChI=1S/C28H37N7O6/c1-34(7-8-38-2)28-32-25(10-26(33-28)31-21-15-39-16-21)27(37)30-11-22(36)14-35-6-5-19-9-23(4-3-20(19)13-35)40-17-24-12-29-18-41-24/h3-4,9-10,12,18,21-22,36H,5-8,11,13-17H2,1-2H3,(H,30,37)(H,31,32,33)/t22-/m0/s1. The number of aliphatic hydroxyl groups excluding tert-OH is 1. The molecule has 0 spiro atoms. The summed E-state index contributed by atoms with van der Waals surface area (Å²) in [5.41, 5.74) is 2.65. The molecule has 0 radical (unpaired) electrons. The van der Waals surface area contributed by atoms with Crippen molar-refractivity contribution in [3.63, 3.8) is 0 Å². The second kappa shape index (κ2) is 13.7. The Morgan fingerprint density at radius 1 is 1.27 bits per heavy atom. The second-order valence-electron chi connectivity index (χ2n) is 10.3. The average Bonchev–Trinajstić information content (AvgIpc) is 3.49. The van der Waals surface area contributed by atoms with Crippen LogP contribution in [0, 0.1) is 0 Å². The van der Waals surface area contributed by atoms with Crippen LogP contribution < -0.4 is 20.3 Å². The van der Waals surface area contributed by atoms with Gasteiger partial charge in [-0.25, -0.2) is 9.97 Å². The summed E-state index contributed by atoms with van der Waals surface area (Å²) in [6.07, 6.45) is 3.13. The molecule has 220 valence electrons. The topological polar surface area (TPSA) is 147 Å². The van der Waals surface area contributed by atoms with E-state index in [1.54, 1.807) is 19.4 Å². The van der Waals surface area contributed by atoms with Gasteiger partial charge < -0.3 is 39.3 Å². The monoisotopic (exact) mass is 567 g/mol. The van der Waals surface area contributed by atoms with E-state index < -0.39 is 6.10 Å². The normalized spacial score (nSPS) is 16.0. The number of nitrogens with one attached hydrogen (secondary N) is 2. The van der Waals surface area contributed by atoms with Crippen LogP contribution in [-0.2, 0) is 29.0 Å². The third-order valence-corrected chi connectivity index (χ3v) is 7.01. The molecule has 13 nitrogen and oxygen atoms in total. The lowest BCUT2D eigenvalue weighted by atomic mass is 9.99. The lowest BCUT2D eigenvalue weighted by Gasteiger charge is -2.30. The number of oxazole rings is 1. The molecule has 3 N–H and O–H groups in total. The van der Waals surface area contributed by atoms with E-state index in [2.05, 4.69) is 42.6 Å². The fourth-order valence-electron chi connectivity index (χ4n) is 4.62. The van der Waals surface area contributed by atoms with Crippen molar-refractivity contribution >= 4 is 17.7 Å². The number of amides is 1. The van der Waals surface area contributed by atoms with Crippen LogP contribution in [0.3, 0.4) is 0 Å². The van der Waals surface area contributed by atoms with Crippen molar-refractivity contribution < 1.29 is 28.5 Å². The molecule has 0 unspecified atom stereocenters. The van der Waals surface area contributed by atoms with E-state index >= 15 is 0 Å². The van der Waals surface area contributed by atoms with E-state index in [-0.39, 0.29) is 24.2 Å². The first-order valence-corrected chi connectivity index (χ1v) is 13.7. The van der Waals surface area contributed by atoms with Crippen molar-refractivity contribution in [1.29, 1.82) is 0 Å². The van der Waals surface area contributed by atoms with Gasteiger partial charge >= 0.3 is 0 Å². The number of ether oxygens (including phenoxy) is 3. The molecule has 13 heteroatoms. The Kier molecular flexibility index (Phi) is 9.62. The number of carbonyl (C=O) groups is 1. The molecular weight excluding hydrogens is 530 g/mol. The van der Waals surface area contributed by atoms with Crippen molar-refractivity contribution in [3.8, 4) is 5.75 Å². The van der Waals surface area contributed by atoms with Gasteiger partial charge in [0.05, 0.1) is 38.2 Å². The Morgan fingerprint density at radius 3 is 2.90 bits per heavy atom. The molecule has 2 aromatic heterocycles. The molecule has 0 aliphatic carbocycles. The highest BCUT2D eigenvalue weighted by molar-refractivity contribution is 5.93. The van der Waals surface area contributed by atoms with Gasteiger partial charge in [-0.3, -0.25) is 9.69 Å². The molecule has 0 bridgehead atoms. The molecule has 1 aromatic carbocycles. The quantitative estimate of drug-likeness (QED) is 0.256. The number of hydrogen-bond acceptors (Lipinski definition) is 12. The fourth-order valence-corrected chi connectivity index (χ4v) is 4.62. The van der Waals surface area contributed by atoms with Crippen LogP contribution in [0.25, 0.3) is 0 Å². The first-order valence-electron chi connectivity index (χ1n) is 13.7. The lowest BCUT2D eigenvalue weighted by Crippen LogP contribution is -2.42. The first kappa shape index (κ1) is 28.7. The van der Waals surface area contributed by atoms with Gasteiger partial charge in [-0.1, -0.05) is 6.07 Å². The largest absolute Gasteiger partial charge is 0.486 e. The minimum Gasteiger partial charge on any atom is -0.486 e. The molecule has 5 rings (SSSR count). The number of carbonyl (C=O) groups excluding carboxylic acids is 1. The van der Waals surface area contributed by atoms with E-state index in [0.717, 1.165) is 18.7 Å². The Labute approximate surface area is 238 Å². The number of nitrogens with zero attached hydrogens (tertiary/aromatic N) is 5. The molecule has 1 fully saturated rings. The summed E-state index contributed by atoms with van der Waals surface area (Å²) >= 11 is 0. The van der Waals surface area contributed by atoms with E-state index in [0.29, 0.717) is 63.6 Å². The van der Waals surface area contributed by atoms with E-state index in [1.807, 2.05) is 18.0 Å². The Hall–Kier alpha value is -3.78. The van der Waals surface area contributed by atoms with Crippen molar-refractivity contribution in [2.24, 2.45) is 0 Å². The predicted molar refractivity (Wildman–Crippen MR) is 150 cm³/mol. The van der Waals surface area contributed by atoms with E-state index in [9.17, 15) is 9.90 Å². The summed E-state index contributed by atoms with van der Waals surface area (Å²) in [4.78, 5) is 30.0. The third kappa shape index (κ3) is 7.91. The number of likely N-dealkylation sites (N-methyl/N-ethyl adjacent to an activating group) is 1. The molecule has 3 aromatic rings. The average molecular weight is 568 g/mol. The summed E-state index contributed by atoms with van der Waals surface area (Å²) in [6.45, 7) is 4.64. The maximum Gasteiger partial charge on any atom is 0.270 e. The van der Waals surface area contributed by atoms with E-state index in [1.165, 1.54) is 17.5 Å². The fraction of sp³-hybridized carbons (Fsp3) is 0.500. The Bertz CT molecular complexity index is 1290. The molecule has 1 amide bonds. The zero-order valence-electron chi connectivity index (χ0n) is 23.4. The summed E-state index contributed by atoms with van der Waals surface area (Å²) in [5, 5.41) is 16.8. The van der Waals surface area contributed by atoms with Crippen LogP contribution in [0.5, 0.6) is 5.75 Å². The van der Waals surface area contributed by atoms with Crippen LogP contribution in [0.1, 0.15) is 27.4 Å². The van der Waals surface area contributed by atoms with Crippen LogP contribution in [0.2, 0.25) is 0 Å². The summed E-state index contributed by atoms with van der Waals surface area (Å²) in [5.74, 6) is 2.05. The number of β-amino-alcohol motifs (C(OH)–C–C–N with tert-alkyl or cyclic N) is 1.